The third-order valence-electron chi connectivity index (χ3n) is 6.60. The number of nitrogens with zero attached hydrogens (tertiary/aromatic N) is 3. The average Bonchev–Trinajstić information content (AvgIpc) is 3.36. The number of carbonyl (C=O) groups excluding carboxylic acids is 1. The van der Waals surface area contributed by atoms with Crippen LogP contribution in [-0.2, 0) is 21.2 Å². The highest BCUT2D eigenvalue weighted by Gasteiger charge is 2.47. The molecule has 0 N–H and O–H groups in total. The molecule has 32 heavy (non-hydrogen) atoms. The molecular weight excluding hydrogens is 429 g/mol. The smallest absolute Gasteiger partial charge is 0.244 e. The van der Waals surface area contributed by atoms with Gasteiger partial charge >= 0.3 is 0 Å². The molecule has 6 nitrogen and oxygen atoms in total. The summed E-state index contributed by atoms with van der Waals surface area (Å²) in [5, 5.41) is 3.84. The maximum Gasteiger partial charge on any atom is 0.244 e. The van der Waals surface area contributed by atoms with Crippen molar-refractivity contribution in [1.29, 1.82) is 0 Å². The molecule has 0 saturated carbocycles. The number of halogens is 1. The van der Waals surface area contributed by atoms with Crippen molar-refractivity contribution in [1.82, 2.24) is 14.7 Å². The van der Waals surface area contributed by atoms with Crippen molar-refractivity contribution in [3.63, 3.8) is 0 Å². The van der Waals surface area contributed by atoms with E-state index in [4.69, 9.17) is 0 Å². The van der Waals surface area contributed by atoms with Gasteiger partial charge in [-0.2, -0.15) is 5.10 Å². The summed E-state index contributed by atoms with van der Waals surface area (Å²) in [5.74, 6) is -0.341. The van der Waals surface area contributed by atoms with E-state index in [0.717, 1.165) is 24.0 Å². The molecule has 2 bridgehead atoms. The van der Waals surface area contributed by atoms with E-state index in [1.807, 2.05) is 4.90 Å². The van der Waals surface area contributed by atoms with Crippen molar-refractivity contribution in [2.75, 3.05) is 0 Å². The maximum atomic E-state index is 13.2. The fourth-order valence-corrected chi connectivity index (χ4v) is 6.92. The van der Waals surface area contributed by atoms with Gasteiger partial charge in [-0.1, -0.05) is 30.3 Å². The zero-order valence-corrected chi connectivity index (χ0v) is 18.3. The van der Waals surface area contributed by atoms with E-state index in [0.29, 0.717) is 17.7 Å². The summed E-state index contributed by atoms with van der Waals surface area (Å²) in [6.45, 7) is 0.101. The Balaban J connectivity index is 1.28. The van der Waals surface area contributed by atoms with Crippen LogP contribution in [0.25, 0.3) is 11.1 Å². The summed E-state index contributed by atoms with van der Waals surface area (Å²) >= 11 is 0. The van der Waals surface area contributed by atoms with Crippen LogP contribution in [-0.4, -0.2) is 46.3 Å². The number of fused-ring (bicyclic) bond motifs is 2. The molecule has 1 amide bonds. The number of aromatic nitrogens is 2. The third kappa shape index (κ3) is 3.83. The quantitative estimate of drug-likeness (QED) is 0.591. The molecule has 2 aromatic carbocycles. The Hall–Kier alpha value is -3.00. The topological polar surface area (TPSA) is 72.3 Å². The Morgan fingerprint density at radius 3 is 2.28 bits per heavy atom. The molecule has 166 valence electrons. The van der Waals surface area contributed by atoms with Crippen molar-refractivity contribution in [2.24, 2.45) is 0 Å². The minimum atomic E-state index is -3.41. The van der Waals surface area contributed by atoms with E-state index in [-0.39, 0.29) is 30.4 Å². The molecule has 3 aromatic rings. The van der Waals surface area contributed by atoms with Crippen molar-refractivity contribution >= 4 is 15.7 Å². The molecular formula is C24H24FN3O3S. The molecule has 2 aliphatic heterocycles. The number of piperidine rings is 1. The van der Waals surface area contributed by atoms with Gasteiger partial charge in [0, 0.05) is 23.8 Å². The second kappa shape index (κ2) is 8.16. The summed E-state index contributed by atoms with van der Waals surface area (Å²) < 4.78 is 40.9. The fourth-order valence-electron chi connectivity index (χ4n) is 5.05. The van der Waals surface area contributed by atoms with Crippen LogP contribution >= 0.6 is 0 Å². The highest BCUT2D eigenvalue weighted by molar-refractivity contribution is 7.92. The molecule has 0 radical (unpaired) electrons. The summed E-state index contributed by atoms with van der Waals surface area (Å²) in [6, 6.07) is 14.6. The van der Waals surface area contributed by atoms with Crippen LogP contribution in [0.15, 0.2) is 71.9 Å². The Morgan fingerprint density at radius 2 is 1.62 bits per heavy atom. The van der Waals surface area contributed by atoms with Crippen LogP contribution in [0.4, 0.5) is 4.39 Å². The molecule has 2 unspecified atom stereocenters. The number of hydrogen-bond acceptors (Lipinski definition) is 4. The van der Waals surface area contributed by atoms with Crippen LogP contribution in [0.5, 0.6) is 0 Å². The van der Waals surface area contributed by atoms with E-state index < -0.39 is 15.1 Å². The minimum absolute atomic E-state index is 0.0400. The maximum absolute atomic E-state index is 13.2. The van der Waals surface area contributed by atoms with Gasteiger partial charge in [-0.15, -0.1) is 0 Å². The van der Waals surface area contributed by atoms with Crippen molar-refractivity contribution in [3.8, 4) is 11.1 Å². The number of amides is 1. The van der Waals surface area contributed by atoms with Crippen molar-refractivity contribution in [3.05, 3.63) is 72.8 Å². The molecule has 0 spiro atoms. The van der Waals surface area contributed by atoms with Crippen LogP contribution < -0.4 is 0 Å². The van der Waals surface area contributed by atoms with Gasteiger partial charge < -0.3 is 4.90 Å². The fraction of sp³-hybridized carbons (Fsp3) is 0.333. The summed E-state index contributed by atoms with van der Waals surface area (Å²) in [6.07, 6.45) is 6.04. The number of sulfone groups is 1. The predicted molar refractivity (Wildman–Crippen MR) is 118 cm³/mol. The predicted octanol–water partition coefficient (Wildman–Crippen LogP) is 3.69. The molecule has 8 heteroatoms. The summed E-state index contributed by atoms with van der Waals surface area (Å²) in [7, 11) is -3.41. The largest absolute Gasteiger partial charge is 0.335 e. The van der Waals surface area contributed by atoms with Gasteiger partial charge in [0.1, 0.15) is 12.4 Å². The monoisotopic (exact) mass is 453 g/mol. The average molecular weight is 454 g/mol. The van der Waals surface area contributed by atoms with Gasteiger partial charge in [0.2, 0.25) is 5.91 Å². The number of carbonyl (C=O) groups is 1. The number of hydrogen-bond donors (Lipinski definition) is 0. The normalized spacial score (nSPS) is 22.8. The minimum Gasteiger partial charge on any atom is -0.335 e. The van der Waals surface area contributed by atoms with Gasteiger partial charge in [-0.3, -0.25) is 9.48 Å². The Bertz CT molecular complexity index is 1210. The standard InChI is InChI=1S/C24H24FN3O3S/c25-19-8-6-17(7-9-19)18-14-26-27(15-18)16-24(29)28-20-10-11-21(28)13-23(12-20)32(30,31)22-4-2-1-3-5-22/h1-9,14-15,20-21,23H,10-13,16H2. The van der Waals surface area contributed by atoms with E-state index >= 15 is 0 Å². The van der Waals surface area contributed by atoms with Crippen LogP contribution in [0, 0.1) is 5.82 Å². The van der Waals surface area contributed by atoms with E-state index in [9.17, 15) is 17.6 Å². The molecule has 2 atom stereocenters. The second-order valence-electron chi connectivity index (χ2n) is 8.57. The molecule has 2 aliphatic rings. The molecule has 2 saturated heterocycles. The molecule has 0 aliphatic carbocycles. The first-order valence-electron chi connectivity index (χ1n) is 10.8. The van der Waals surface area contributed by atoms with Gasteiger partial charge in [0.15, 0.2) is 9.84 Å². The Kier molecular flexibility index (Phi) is 5.33. The summed E-state index contributed by atoms with van der Waals surface area (Å²) in [5.41, 5.74) is 1.64. The third-order valence-corrected chi connectivity index (χ3v) is 8.79. The SMILES string of the molecule is O=C(Cn1cc(-c2ccc(F)cc2)cn1)N1C2CCC1CC(S(=O)(=O)c1ccccc1)C2. The molecule has 2 fully saturated rings. The van der Waals surface area contributed by atoms with Crippen LogP contribution in [0.1, 0.15) is 25.7 Å². The lowest BCUT2D eigenvalue weighted by Crippen LogP contribution is -2.50. The first-order valence-corrected chi connectivity index (χ1v) is 12.3. The van der Waals surface area contributed by atoms with Gasteiger partial charge in [0.05, 0.1) is 16.3 Å². The van der Waals surface area contributed by atoms with Gasteiger partial charge in [0.25, 0.3) is 0 Å². The second-order valence-corrected chi connectivity index (χ2v) is 10.8. The van der Waals surface area contributed by atoms with Crippen molar-refractivity contribution in [2.45, 2.75) is 54.5 Å². The highest BCUT2D eigenvalue weighted by atomic mass is 32.2. The van der Waals surface area contributed by atoms with E-state index in [1.165, 1.54) is 12.1 Å². The summed E-state index contributed by atoms with van der Waals surface area (Å²) in [4.78, 5) is 15.4. The zero-order chi connectivity index (χ0) is 22.3. The Labute approximate surface area is 186 Å². The van der Waals surface area contributed by atoms with Gasteiger partial charge in [-0.05, 0) is 55.5 Å². The van der Waals surface area contributed by atoms with Crippen molar-refractivity contribution < 1.29 is 17.6 Å². The number of rotatable bonds is 5. The van der Waals surface area contributed by atoms with E-state index in [2.05, 4.69) is 5.10 Å². The first-order chi connectivity index (χ1) is 15.4. The molecule has 1 aromatic heterocycles. The lowest BCUT2D eigenvalue weighted by atomic mass is 10.0. The molecule has 3 heterocycles. The zero-order valence-electron chi connectivity index (χ0n) is 17.5. The van der Waals surface area contributed by atoms with Crippen LogP contribution in [0.2, 0.25) is 0 Å². The highest BCUT2D eigenvalue weighted by Crippen LogP contribution is 2.40. The van der Waals surface area contributed by atoms with E-state index in [1.54, 1.807) is 59.5 Å². The van der Waals surface area contributed by atoms with Crippen LogP contribution in [0.3, 0.4) is 0 Å². The Morgan fingerprint density at radius 1 is 0.969 bits per heavy atom. The lowest BCUT2D eigenvalue weighted by Gasteiger charge is -2.38. The van der Waals surface area contributed by atoms with Gasteiger partial charge in [-0.25, -0.2) is 12.8 Å². The molecule has 5 rings (SSSR count). The number of benzene rings is 2. The lowest BCUT2D eigenvalue weighted by molar-refractivity contribution is -0.136. The first kappa shape index (κ1) is 20.9.